The van der Waals surface area contributed by atoms with E-state index < -0.39 is 0 Å². The van der Waals surface area contributed by atoms with Crippen LogP contribution in [0.3, 0.4) is 0 Å². The molecule has 0 saturated carbocycles. The van der Waals surface area contributed by atoms with Crippen LogP contribution in [-0.4, -0.2) is 18.6 Å². The third kappa shape index (κ3) is 3.19. The first-order valence-electron chi connectivity index (χ1n) is 3.99. The van der Waals surface area contributed by atoms with E-state index in [1.807, 2.05) is 24.3 Å². The summed E-state index contributed by atoms with van der Waals surface area (Å²) in [6.07, 6.45) is 0. The van der Waals surface area contributed by atoms with E-state index in [-0.39, 0.29) is 0 Å². The number of rotatable bonds is 3. The largest absolute Gasteiger partial charge is 0.269 e. The Kier molecular flexibility index (Phi) is 3.48. The minimum absolute atomic E-state index is 0.654. The van der Waals surface area contributed by atoms with Gasteiger partial charge in [-0.25, -0.2) is 5.01 Å². The van der Waals surface area contributed by atoms with Gasteiger partial charge in [0.1, 0.15) is 0 Å². The molecule has 0 bridgehead atoms. The van der Waals surface area contributed by atoms with Crippen LogP contribution in [0.15, 0.2) is 30.8 Å². The molecule has 0 amide bonds. The van der Waals surface area contributed by atoms with E-state index in [0.717, 1.165) is 16.2 Å². The van der Waals surface area contributed by atoms with Crippen molar-refractivity contribution in [2.75, 3.05) is 13.6 Å². The summed E-state index contributed by atoms with van der Waals surface area (Å²) in [4.78, 5) is 0. The Morgan fingerprint density at radius 3 is 2.46 bits per heavy atom. The Balaban J connectivity index is 2.72. The molecule has 0 aliphatic rings. The summed E-state index contributed by atoms with van der Waals surface area (Å²) in [6.45, 7) is 4.58. The van der Waals surface area contributed by atoms with Gasteiger partial charge < -0.3 is 0 Å². The Hall–Kier alpha value is -0.830. The first kappa shape index (κ1) is 10.3. The van der Waals surface area contributed by atoms with Gasteiger partial charge in [-0.2, -0.15) is 0 Å². The van der Waals surface area contributed by atoms with Crippen molar-refractivity contribution in [3.05, 3.63) is 41.4 Å². The van der Waals surface area contributed by atoms with E-state index in [0.29, 0.717) is 6.54 Å². The maximum absolute atomic E-state index is 5.76. The Morgan fingerprint density at radius 1 is 1.46 bits per heavy atom. The number of hydrogen-bond donors (Lipinski definition) is 1. The first-order valence-corrected chi connectivity index (χ1v) is 4.37. The molecule has 0 saturated heterocycles. The van der Waals surface area contributed by atoms with E-state index in [2.05, 4.69) is 6.58 Å². The van der Waals surface area contributed by atoms with Crippen molar-refractivity contribution in [2.24, 2.45) is 5.84 Å². The first-order chi connectivity index (χ1) is 6.09. The van der Waals surface area contributed by atoms with Crippen molar-refractivity contribution in [1.29, 1.82) is 0 Å². The van der Waals surface area contributed by atoms with Crippen molar-refractivity contribution in [3.63, 3.8) is 0 Å². The lowest BCUT2D eigenvalue weighted by atomic mass is 10.1. The van der Waals surface area contributed by atoms with Gasteiger partial charge >= 0.3 is 0 Å². The summed E-state index contributed by atoms with van der Waals surface area (Å²) < 4.78 is 0. The minimum atomic E-state index is 0.654. The Morgan fingerprint density at radius 2 is 2.00 bits per heavy atom. The van der Waals surface area contributed by atoms with Crippen molar-refractivity contribution in [2.45, 2.75) is 0 Å². The number of benzene rings is 1. The third-order valence-corrected chi connectivity index (χ3v) is 1.94. The lowest BCUT2D eigenvalue weighted by molar-refractivity contribution is 0.395. The van der Waals surface area contributed by atoms with Crippen molar-refractivity contribution in [1.82, 2.24) is 5.01 Å². The second kappa shape index (κ2) is 4.42. The summed E-state index contributed by atoms with van der Waals surface area (Å²) in [6, 6.07) is 7.57. The fraction of sp³-hybridized carbons (Fsp3) is 0.200. The normalized spacial score (nSPS) is 10.5. The zero-order chi connectivity index (χ0) is 9.84. The number of nitrogens with two attached hydrogens (primary N) is 1. The maximum atomic E-state index is 5.76. The number of nitrogens with zero attached hydrogens (tertiary/aromatic N) is 1. The van der Waals surface area contributed by atoms with Gasteiger partial charge in [0.2, 0.25) is 0 Å². The second-order valence-electron chi connectivity index (χ2n) is 3.03. The van der Waals surface area contributed by atoms with Crippen molar-refractivity contribution in [3.8, 4) is 0 Å². The summed E-state index contributed by atoms with van der Waals surface area (Å²) in [7, 11) is 1.81. The third-order valence-electron chi connectivity index (χ3n) is 1.69. The van der Waals surface area contributed by atoms with Crippen LogP contribution in [-0.2, 0) is 0 Å². The Bertz CT molecular complexity index is 290. The summed E-state index contributed by atoms with van der Waals surface area (Å²) in [5, 5.41) is 2.33. The average Bonchev–Trinajstić information content (AvgIpc) is 2.04. The molecule has 0 radical (unpaired) electrons. The van der Waals surface area contributed by atoms with Gasteiger partial charge in [-0.1, -0.05) is 30.3 Å². The van der Waals surface area contributed by atoms with E-state index in [4.69, 9.17) is 17.4 Å². The summed E-state index contributed by atoms with van der Waals surface area (Å²) in [5.74, 6) is 5.51. The van der Waals surface area contributed by atoms with E-state index in [1.54, 1.807) is 12.1 Å². The highest BCUT2D eigenvalue weighted by atomic mass is 35.5. The molecule has 2 N–H and O–H groups in total. The molecule has 0 aliphatic carbocycles. The molecule has 0 atom stereocenters. The predicted octanol–water partition coefficient (Wildman–Crippen LogP) is 2.16. The molecule has 13 heavy (non-hydrogen) atoms. The van der Waals surface area contributed by atoms with Crippen molar-refractivity contribution < 1.29 is 0 Å². The molecule has 3 heteroatoms. The molecule has 0 spiro atoms. The smallest absolute Gasteiger partial charge is 0.0406 e. The zero-order valence-electron chi connectivity index (χ0n) is 7.63. The van der Waals surface area contributed by atoms with E-state index >= 15 is 0 Å². The monoisotopic (exact) mass is 196 g/mol. The highest BCUT2D eigenvalue weighted by Gasteiger charge is 1.99. The fourth-order valence-corrected chi connectivity index (χ4v) is 1.20. The lowest BCUT2D eigenvalue weighted by Gasteiger charge is -2.11. The van der Waals surface area contributed by atoms with Crippen LogP contribution in [0.25, 0.3) is 5.57 Å². The standard InChI is InChI=1S/C10H13ClN2/c1-8(7-13(2)12)9-3-5-10(11)6-4-9/h3-6H,1,7,12H2,2H3. The number of halogens is 1. The van der Waals surface area contributed by atoms with Crippen LogP contribution in [0, 0.1) is 0 Å². The molecular weight excluding hydrogens is 184 g/mol. The van der Waals surface area contributed by atoms with E-state index in [1.165, 1.54) is 0 Å². The maximum Gasteiger partial charge on any atom is 0.0406 e. The molecule has 70 valence electrons. The lowest BCUT2D eigenvalue weighted by Crippen LogP contribution is -2.27. The molecule has 0 aliphatic heterocycles. The van der Waals surface area contributed by atoms with Gasteiger partial charge in [0.15, 0.2) is 0 Å². The zero-order valence-corrected chi connectivity index (χ0v) is 8.38. The average molecular weight is 197 g/mol. The minimum Gasteiger partial charge on any atom is -0.269 e. The summed E-state index contributed by atoms with van der Waals surface area (Å²) in [5.41, 5.74) is 2.06. The van der Waals surface area contributed by atoms with Gasteiger partial charge in [-0.05, 0) is 23.3 Å². The van der Waals surface area contributed by atoms with Gasteiger partial charge in [-0.3, -0.25) is 5.84 Å². The number of likely N-dealkylation sites (N-methyl/N-ethyl adjacent to an activating group) is 1. The second-order valence-corrected chi connectivity index (χ2v) is 3.46. The number of hydrazine groups is 1. The topological polar surface area (TPSA) is 29.3 Å². The highest BCUT2D eigenvalue weighted by Crippen LogP contribution is 2.15. The van der Waals surface area contributed by atoms with Crippen LogP contribution in [0.4, 0.5) is 0 Å². The molecule has 2 nitrogen and oxygen atoms in total. The van der Waals surface area contributed by atoms with Gasteiger partial charge in [-0.15, -0.1) is 0 Å². The summed E-state index contributed by atoms with van der Waals surface area (Å²) >= 11 is 5.76. The van der Waals surface area contributed by atoms with Crippen LogP contribution < -0.4 is 5.84 Å². The molecule has 0 fully saturated rings. The molecule has 1 aromatic carbocycles. The molecule has 0 heterocycles. The fourth-order valence-electron chi connectivity index (χ4n) is 1.08. The van der Waals surface area contributed by atoms with Crippen LogP contribution >= 0.6 is 11.6 Å². The number of hydrogen-bond acceptors (Lipinski definition) is 2. The molecule has 1 aromatic rings. The highest BCUT2D eigenvalue weighted by molar-refractivity contribution is 6.30. The van der Waals surface area contributed by atoms with Gasteiger partial charge in [0.25, 0.3) is 0 Å². The van der Waals surface area contributed by atoms with Crippen LogP contribution in [0.2, 0.25) is 5.02 Å². The van der Waals surface area contributed by atoms with Crippen LogP contribution in [0.5, 0.6) is 0 Å². The van der Waals surface area contributed by atoms with E-state index in [9.17, 15) is 0 Å². The SMILES string of the molecule is C=C(CN(C)N)c1ccc(Cl)cc1. The molecule has 1 rings (SSSR count). The molecular formula is C10H13ClN2. The molecule has 0 aromatic heterocycles. The van der Waals surface area contributed by atoms with Crippen LogP contribution in [0.1, 0.15) is 5.56 Å². The van der Waals surface area contributed by atoms with Gasteiger partial charge in [0.05, 0.1) is 0 Å². The Labute approximate surface area is 83.6 Å². The molecule has 0 unspecified atom stereocenters. The quantitative estimate of drug-likeness (QED) is 0.593. The predicted molar refractivity (Wildman–Crippen MR) is 57.3 cm³/mol. The van der Waals surface area contributed by atoms with Gasteiger partial charge in [0, 0.05) is 18.6 Å². The van der Waals surface area contributed by atoms with Crippen molar-refractivity contribution >= 4 is 17.2 Å².